The Bertz CT molecular complexity index is 1200. The molecule has 0 N–H and O–H groups in total. The van der Waals surface area contributed by atoms with Gasteiger partial charge < -0.3 is 0 Å². The summed E-state index contributed by atoms with van der Waals surface area (Å²) in [6.45, 7) is 36.2. The van der Waals surface area contributed by atoms with Crippen LogP contribution in [0.25, 0.3) is 0 Å². The molecule has 6 nitrogen and oxygen atoms in total. The predicted molar refractivity (Wildman–Crippen MR) is 199 cm³/mol. The van der Waals surface area contributed by atoms with Gasteiger partial charge in [0, 0.05) is 69.8 Å². The smallest absolute Gasteiger partial charge is 0.168 e. The maximum atomic E-state index is 12.4. The van der Waals surface area contributed by atoms with Crippen LogP contribution in [0.3, 0.4) is 0 Å². The van der Waals surface area contributed by atoms with Crippen LogP contribution in [-0.2, 0) is 19.2 Å². The maximum Gasteiger partial charge on any atom is 0.168 e. The molecule has 0 unspecified atom stereocenters. The van der Waals surface area contributed by atoms with Crippen LogP contribution in [0.2, 0.25) is 0 Å². The third-order valence-corrected chi connectivity index (χ3v) is 7.81. The average Bonchev–Trinajstić information content (AvgIpc) is 2.88. The van der Waals surface area contributed by atoms with Crippen molar-refractivity contribution in [3.05, 3.63) is 35.4 Å². The first-order chi connectivity index (χ1) is 21.1. The Kier molecular flexibility index (Phi) is 17.5. The number of hydrogen-bond donors (Lipinski definition) is 0. The molecule has 1 aromatic carbocycles. The van der Waals surface area contributed by atoms with Gasteiger partial charge in [0.15, 0.2) is 11.6 Å². The van der Waals surface area contributed by atoms with E-state index in [1.807, 2.05) is 132 Å². The highest BCUT2D eigenvalue weighted by molar-refractivity contribution is 6.11. The molecule has 0 radical (unpaired) electrons. The van der Waals surface area contributed by atoms with E-state index in [1.165, 1.54) is 0 Å². The molecule has 0 aromatic heterocycles. The lowest BCUT2D eigenvalue weighted by atomic mass is 9.73. The van der Waals surface area contributed by atoms with E-state index in [0.717, 1.165) is 0 Å². The van der Waals surface area contributed by atoms with Crippen LogP contribution < -0.4 is 0 Å². The molecule has 0 fully saturated rings. The zero-order valence-corrected chi connectivity index (χ0v) is 34.2. The highest BCUT2D eigenvalue weighted by Gasteiger charge is 2.34. The summed E-state index contributed by atoms with van der Waals surface area (Å²) >= 11 is 0. The fourth-order valence-corrected chi connectivity index (χ4v) is 4.05. The van der Waals surface area contributed by atoms with Crippen LogP contribution in [0.4, 0.5) is 0 Å². The number of carbonyl (C=O) groups is 6. The van der Waals surface area contributed by atoms with Gasteiger partial charge in [0.05, 0.1) is 0 Å². The fourth-order valence-electron chi connectivity index (χ4n) is 4.05. The molecule has 0 aliphatic rings. The molecular formula is C42H70O6. The third-order valence-electron chi connectivity index (χ3n) is 7.81. The van der Waals surface area contributed by atoms with Crippen LogP contribution in [0, 0.1) is 38.4 Å². The van der Waals surface area contributed by atoms with Crippen molar-refractivity contribution in [3.63, 3.8) is 0 Å². The number of hydrogen-bond acceptors (Lipinski definition) is 6. The Labute approximate surface area is 294 Å². The van der Waals surface area contributed by atoms with Gasteiger partial charge in [-0.2, -0.15) is 0 Å². The van der Waals surface area contributed by atoms with Gasteiger partial charge in [0.2, 0.25) is 0 Å². The standard InChI is InChI=1S/C16H22O2.C15H28O2.C11H20O2/c1-15(2,3)13(17)11-9-7-8-10-12(11)14(18)16(4,5)6;1-13(2,3)11(16)9-15(7,8)10-12(17)14(4,5)6;1-8(2)9(12)6-7-10(13)11(3,4)5/h7-10H,1-6H3;9-10H2,1-8H3;8H,6-7H2,1-5H3. The Hall–Kier alpha value is -2.76. The molecule has 0 atom stereocenters. The Balaban J connectivity index is 0. The minimum absolute atomic E-state index is 0.00991. The summed E-state index contributed by atoms with van der Waals surface area (Å²) in [6, 6.07) is 7.09. The minimum atomic E-state index is -0.478. The quantitative estimate of drug-likeness (QED) is 0.230. The molecule has 0 saturated heterocycles. The van der Waals surface area contributed by atoms with E-state index < -0.39 is 10.8 Å². The van der Waals surface area contributed by atoms with Crippen molar-refractivity contribution >= 4 is 34.7 Å². The van der Waals surface area contributed by atoms with E-state index in [9.17, 15) is 28.8 Å². The SMILES string of the molecule is CC(C)(C)C(=O)c1ccccc1C(=O)C(C)(C)C.CC(C)(CC(=O)C(C)(C)C)CC(=O)C(C)(C)C.CC(C)C(=O)CCC(=O)C(C)(C)C. The summed E-state index contributed by atoms with van der Waals surface area (Å²) in [6.07, 6.45) is 1.73. The van der Waals surface area contributed by atoms with E-state index in [2.05, 4.69) is 0 Å². The summed E-state index contributed by atoms with van der Waals surface area (Å²) in [5, 5.41) is 0. The molecule has 6 heteroatoms. The van der Waals surface area contributed by atoms with E-state index in [0.29, 0.717) is 36.8 Å². The minimum Gasteiger partial charge on any atom is -0.299 e. The molecule has 48 heavy (non-hydrogen) atoms. The van der Waals surface area contributed by atoms with Gasteiger partial charge in [-0.25, -0.2) is 0 Å². The molecule has 0 spiro atoms. The Morgan fingerprint density at radius 2 is 0.750 bits per heavy atom. The van der Waals surface area contributed by atoms with Crippen LogP contribution in [0.1, 0.15) is 178 Å². The summed E-state index contributed by atoms with van der Waals surface area (Å²) in [4.78, 5) is 71.4. The number of carbonyl (C=O) groups excluding carboxylic acids is 6. The van der Waals surface area contributed by atoms with Crippen molar-refractivity contribution in [2.24, 2.45) is 38.4 Å². The summed E-state index contributed by atoms with van der Waals surface area (Å²) < 4.78 is 0. The average molecular weight is 671 g/mol. The topological polar surface area (TPSA) is 102 Å². The molecule has 274 valence electrons. The van der Waals surface area contributed by atoms with E-state index in [4.69, 9.17) is 0 Å². The highest BCUT2D eigenvalue weighted by Crippen LogP contribution is 2.34. The van der Waals surface area contributed by atoms with Gasteiger partial charge >= 0.3 is 0 Å². The van der Waals surface area contributed by atoms with Gasteiger partial charge in [-0.3, -0.25) is 28.8 Å². The fraction of sp³-hybridized carbons (Fsp3) is 0.714. The zero-order chi connectivity index (χ0) is 38.9. The van der Waals surface area contributed by atoms with Gasteiger partial charge in [0.25, 0.3) is 0 Å². The summed E-state index contributed by atoms with van der Waals surface area (Å²) in [5.74, 6) is 0.867. The first kappa shape index (κ1) is 47.4. The molecule has 0 aliphatic heterocycles. The monoisotopic (exact) mass is 671 g/mol. The van der Waals surface area contributed by atoms with Crippen molar-refractivity contribution in [3.8, 4) is 0 Å². The lowest BCUT2D eigenvalue weighted by Crippen LogP contribution is -2.31. The summed E-state index contributed by atoms with van der Waals surface area (Å²) in [7, 11) is 0. The summed E-state index contributed by atoms with van der Waals surface area (Å²) in [5.41, 5.74) is -1.08. The Morgan fingerprint density at radius 3 is 0.979 bits per heavy atom. The number of Topliss-reactive ketones (excluding diaryl/α,β-unsaturated/α-hetero) is 6. The molecular weight excluding hydrogens is 600 g/mol. The molecule has 1 aromatic rings. The molecule has 0 bridgehead atoms. The number of rotatable bonds is 10. The van der Waals surface area contributed by atoms with Crippen molar-refractivity contribution in [2.75, 3.05) is 0 Å². The van der Waals surface area contributed by atoms with E-state index >= 15 is 0 Å². The van der Waals surface area contributed by atoms with Gasteiger partial charge in [-0.1, -0.05) is 156 Å². The van der Waals surface area contributed by atoms with E-state index in [1.54, 1.807) is 24.3 Å². The van der Waals surface area contributed by atoms with Crippen LogP contribution in [-0.4, -0.2) is 34.7 Å². The first-order valence-corrected chi connectivity index (χ1v) is 17.4. The second kappa shape index (κ2) is 17.8. The Morgan fingerprint density at radius 1 is 0.458 bits per heavy atom. The van der Waals surface area contributed by atoms with Crippen LogP contribution >= 0.6 is 0 Å². The second-order valence-electron chi connectivity index (χ2n) is 19.4. The maximum absolute atomic E-state index is 12.4. The first-order valence-electron chi connectivity index (χ1n) is 17.4. The lowest BCUT2D eigenvalue weighted by molar-refractivity contribution is -0.131. The predicted octanol–water partition coefficient (Wildman–Crippen LogP) is 10.8. The van der Waals surface area contributed by atoms with Crippen LogP contribution in [0.5, 0.6) is 0 Å². The number of ketones is 6. The van der Waals surface area contributed by atoms with E-state index in [-0.39, 0.29) is 62.3 Å². The highest BCUT2D eigenvalue weighted by atomic mass is 16.2. The van der Waals surface area contributed by atoms with Crippen molar-refractivity contribution in [2.45, 2.75) is 157 Å². The molecule has 0 amide bonds. The van der Waals surface area contributed by atoms with Gasteiger partial charge in [-0.05, 0) is 5.41 Å². The lowest BCUT2D eigenvalue weighted by Gasteiger charge is -2.29. The normalized spacial score (nSPS) is 12.7. The van der Waals surface area contributed by atoms with Crippen molar-refractivity contribution in [1.29, 1.82) is 0 Å². The second-order valence-corrected chi connectivity index (χ2v) is 19.4. The molecule has 0 aliphatic carbocycles. The van der Waals surface area contributed by atoms with Gasteiger partial charge in [0.1, 0.15) is 23.1 Å². The molecule has 0 saturated carbocycles. The van der Waals surface area contributed by atoms with Gasteiger partial charge in [-0.15, -0.1) is 0 Å². The largest absolute Gasteiger partial charge is 0.299 e. The van der Waals surface area contributed by atoms with Crippen molar-refractivity contribution < 1.29 is 28.8 Å². The zero-order valence-electron chi connectivity index (χ0n) is 34.2. The third kappa shape index (κ3) is 18.1. The van der Waals surface area contributed by atoms with Crippen LogP contribution in [0.15, 0.2) is 24.3 Å². The molecule has 0 heterocycles. The molecule has 1 rings (SSSR count). The van der Waals surface area contributed by atoms with Crippen molar-refractivity contribution in [1.82, 2.24) is 0 Å². The number of benzene rings is 1.